The van der Waals surface area contributed by atoms with Gasteiger partial charge in [0.15, 0.2) is 11.0 Å². The second kappa shape index (κ2) is 5.20. The summed E-state index contributed by atoms with van der Waals surface area (Å²) < 4.78 is 0. The molecule has 2 heterocycles. The molecule has 96 valence electrons. The van der Waals surface area contributed by atoms with Crippen molar-refractivity contribution in [1.82, 2.24) is 15.0 Å². The predicted molar refractivity (Wildman–Crippen MR) is 75.4 cm³/mol. The van der Waals surface area contributed by atoms with Crippen LogP contribution in [0.1, 0.15) is 34.2 Å². The first-order valence-electron chi connectivity index (χ1n) is 5.67. The van der Waals surface area contributed by atoms with Crippen LogP contribution in [0.25, 0.3) is 0 Å². The normalized spacial score (nSPS) is 12.5. The molecule has 1 N–H and O–H groups in total. The predicted octanol–water partition coefficient (Wildman–Crippen LogP) is 3.68. The van der Waals surface area contributed by atoms with E-state index in [1.54, 1.807) is 11.3 Å². The molecule has 1 atom stereocenters. The molecule has 0 radical (unpaired) electrons. The summed E-state index contributed by atoms with van der Waals surface area (Å²) in [6.07, 6.45) is 1.87. The molecule has 0 fully saturated rings. The molecule has 0 aliphatic carbocycles. The Hall–Kier alpha value is -1.20. The third-order valence-corrected chi connectivity index (χ3v) is 3.99. The fourth-order valence-corrected chi connectivity index (χ4v) is 2.51. The van der Waals surface area contributed by atoms with E-state index >= 15 is 0 Å². The average molecular weight is 283 g/mol. The van der Waals surface area contributed by atoms with Crippen molar-refractivity contribution in [2.24, 2.45) is 0 Å². The molecular formula is C12H15ClN4S. The minimum atomic E-state index is 0.0672. The summed E-state index contributed by atoms with van der Waals surface area (Å²) >= 11 is 7.75. The maximum Gasteiger partial charge on any atom is 0.171 e. The summed E-state index contributed by atoms with van der Waals surface area (Å²) in [4.78, 5) is 14.2. The minimum absolute atomic E-state index is 0.0672. The van der Waals surface area contributed by atoms with E-state index in [9.17, 15) is 0 Å². The summed E-state index contributed by atoms with van der Waals surface area (Å²) in [5, 5.41) is 4.67. The Morgan fingerprint density at radius 3 is 2.50 bits per heavy atom. The van der Waals surface area contributed by atoms with Crippen LogP contribution in [-0.2, 0) is 0 Å². The fourth-order valence-electron chi connectivity index (χ4n) is 1.51. The van der Waals surface area contributed by atoms with E-state index in [2.05, 4.69) is 20.3 Å². The Balaban J connectivity index is 2.21. The van der Waals surface area contributed by atoms with Crippen molar-refractivity contribution < 1.29 is 0 Å². The summed E-state index contributed by atoms with van der Waals surface area (Å²) in [7, 11) is 0. The van der Waals surface area contributed by atoms with E-state index in [0.717, 1.165) is 16.4 Å². The number of aryl methyl sites for hydroxylation is 3. The van der Waals surface area contributed by atoms with Crippen LogP contribution < -0.4 is 5.32 Å². The number of thiazole rings is 1. The number of anilines is 1. The second-order valence-electron chi connectivity index (χ2n) is 4.21. The lowest BCUT2D eigenvalue weighted by Gasteiger charge is -2.13. The highest BCUT2D eigenvalue weighted by Crippen LogP contribution is 2.26. The maximum absolute atomic E-state index is 6.09. The van der Waals surface area contributed by atoms with Crippen molar-refractivity contribution in [3.63, 3.8) is 0 Å². The van der Waals surface area contributed by atoms with Crippen LogP contribution in [0.5, 0.6) is 0 Å². The molecule has 2 aromatic rings. The lowest BCUT2D eigenvalue weighted by Crippen LogP contribution is -2.10. The Kier molecular flexibility index (Phi) is 3.82. The molecule has 0 amide bonds. The van der Waals surface area contributed by atoms with Crippen molar-refractivity contribution in [3.05, 3.63) is 32.6 Å². The van der Waals surface area contributed by atoms with Gasteiger partial charge in [-0.3, -0.25) is 0 Å². The largest absolute Gasteiger partial charge is 0.359 e. The van der Waals surface area contributed by atoms with Gasteiger partial charge in [0.1, 0.15) is 5.01 Å². The van der Waals surface area contributed by atoms with Crippen LogP contribution in [0, 0.1) is 20.8 Å². The van der Waals surface area contributed by atoms with Gasteiger partial charge in [0.2, 0.25) is 0 Å². The van der Waals surface area contributed by atoms with Crippen molar-refractivity contribution in [1.29, 1.82) is 0 Å². The summed E-state index contributed by atoms with van der Waals surface area (Å²) in [6.45, 7) is 7.88. The first-order chi connectivity index (χ1) is 8.47. The van der Waals surface area contributed by atoms with Crippen LogP contribution in [0.3, 0.4) is 0 Å². The van der Waals surface area contributed by atoms with Gasteiger partial charge in [-0.15, -0.1) is 11.3 Å². The number of nitrogens with one attached hydrogen (secondary N) is 1. The van der Waals surface area contributed by atoms with E-state index in [1.165, 1.54) is 4.88 Å². The highest BCUT2D eigenvalue weighted by atomic mass is 35.5. The zero-order valence-corrected chi connectivity index (χ0v) is 12.4. The Morgan fingerprint density at radius 2 is 1.89 bits per heavy atom. The second-order valence-corrected chi connectivity index (χ2v) is 5.83. The van der Waals surface area contributed by atoms with Gasteiger partial charge in [-0.25, -0.2) is 15.0 Å². The van der Waals surface area contributed by atoms with Crippen molar-refractivity contribution in [2.45, 2.75) is 33.7 Å². The number of hydrogen-bond donors (Lipinski definition) is 1. The van der Waals surface area contributed by atoms with Crippen LogP contribution in [0.2, 0.25) is 5.15 Å². The van der Waals surface area contributed by atoms with Crippen LogP contribution in [0.4, 0.5) is 5.82 Å². The van der Waals surface area contributed by atoms with Crippen molar-refractivity contribution in [2.75, 3.05) is 5.32 Å². The molecular weight excluding hydrogens is 268 g/mol. The van der Waals surface area contributed by atoms with Gasteiger partial charge in [-0.2, -0.15) is 0 Å². The van der Waals surface area contributed by atoms with Gasteiger partial charge in [0.25, 0.3) is 0 Å². The Labute approximate surface area is 115 Å². The molecule has 0 saturated carbocycles. The smallest absolute Gasteiger partial charge is 0.171 e. The number of nitrogens with zero attached hydrogens (tertiary/aromatic N) is 3. The lowest BCUT2D eigenvalue weighted by molar-refractivity contribution is 0.853. The molecule has 6 heteroatoms. The molecule has 2 aromatic heterocycles. The summed E-state index contributed by atoms with van der Waals surface area (Å²) in [5.74, 6) is 0.611. The number of aromatic nitrogens is 3. The van der Waals surface area contributed by atoms with E-state index < -0.39 is 0 Å². The highest BCUT2D eigenvalue weighted by molar-refractivity contribution is 7.11. The Bertz CT molecular complexity index is 567. The van der Waals surface area contributed by atoms with Gasteiger partial charge in [0, 0.05) is 11.1 Å². The van der Waals surface area contributed by atoms with E-state index in [4.69, 9.17) is 11.6 Å². The van der Waals surface area contributed by atoms with Gasteiger partial charge in [0.05, 0.1) is 17.4 Å². The van der Waals surface area contributed by atoms with Crippen molar-refractivity contribution >= 4 is 28.8 Å². The first kappa shape index (κ1) is 13.2. The van der Waals surface area contributed by atoms with Crippen LogP contribution in [0.15, 0.2) is 6.20 Å². The van der Waals surface area contributed by atoms with E-state index in [1.807, 2.05) is 33.9 Å². The molecule has 0 aromatic carbocycles. The maximum atomic E-state index is 6.09. The Morgan fingerprint density at radius 1 is 1.22 bits per heavy atom. The third-order valence-electron chi connectivity index (χ3n) is 2.63. The first-order valence-corrected chi connectivity index (χ1v) is 6.86. The van der Waals surface area contributed by atoms with E-state index in [0.29, 0.717) is 11.0 Å². The van der Waals surface area contributed by atoms with Gasteiger partial charge < -0.3 is 5.32 Å². The monoisotopic (exact) mass is 282 g/mol. The highest BCUT2D eigenvalue weighted by Gasteiger charge is 2.13. The minimum Gasteiger partial charge on any atom is -0.359 e. The standard InChI is InChI=1S/C12H15ClN4S/c1-6-5-14-12(18-6)9(4)17-11-10(13)15-7(2)8(3)16-11/h5,9H,1-4H3,(H,16,17). The van der Waals surface area contributed by atoms with Gasteiger partial charge in [-0.1, -0.05) is 11.6 Å². The number of hydrogen-bond acceptors (Lipinski definition) is 5. The van der Waals surface area contributed by atoms with Crippen LogP contribution in [-0.4, -0.2) is 15.0 Å². The molecule has 0 spiro atoms. The van der Waals surface area contributed by atoms with Gasteiger partial charge >= 0.3 is 0 Å². The zero-order chi connectivity index (χ0) is 13.3. The third kappa shape index (κ3) is 2.79. The number of halogens is 1. The molecule has 1 unspecified atom stereocenters. The molecule has 18 heavy (non-hydrogen) atoms. The molecule has 2 rings (SSSR count). The summed E-state index contributed by atoms with van der Waals surface area (Å²) in [5.41, 5.74) is 1.73. The molecule has 4 nitrogen and oxygen atoms in total. The number of rotatable bonds is 3. The van der Waals surface area contributed by atoms with Gasteiger partial charge in [-0.05, 0) is 27.7 Å². The zero-order valence-electron chi connectivity index (χ0n) is 10.8. The SMILES string of the molecule is Cc1cnc(C(C)Nc2nc(C)c(C)nc2Cl)s1. The average Bonchev–Trinajstić information content (AvgIpc) is 2.73. The van der Waals surface area contributed by atoms with E-state index in [-0.39, 0.29) is 6.04 Å². The van der Waals surface area contributed by atoms with Crippen LogP contribution >= 0.6 is 22.9 Å². The topological polar surface area (TPSA) is 50.7 Å². The quantitative estimate of drug-likeness (QED) is 0.933. The molecule has 0 aliphatic heterocycles. The molecule has 0 saturated heterocycles. The summed E-state index contributed by atoms with van der Waals surface area (Å²) in [6, 6.07) is 0.0672. The molecule has 0 bridgehead atoms. The lowest BCUT2D eigenvalue weighted by atomic mass is 10.3. The van der Waals surface area contributed by atoms with Crippen molar-refractivity contribution in [3.8, 4) is 0 Å². The molecule has 0 aliphatic rings. The fraction of sp³-hybridized carbons (Fsp3) is 0.417.